The van der Waals surface area contributed by atoms with Crippen LogP contribution in [-0.2, 0) is 6.42 Å². The summed E-state index contributed by atoms with van der Waals surface area (Å²) in [6.45, 7) is 1.25. The van der Waals surface area contributed by atoms with Gasteiger partial charge in [-0.1, -0.05) is 0 Å². The van der Waals surface area contributed by atoms with Crippen molar-refractivity contribution in [1.82, 2.24) is 4.98 Å². The van der Waals surface area contributed by atoms with Crippen molar-refractivity contribution in [2.75, 3.05) is 0 Å². The van der Waals surface area contributed by atoms with Gasteiger partial charge in [0.05, 0.1) is 11.3 Å². The number of pyridine rings is 1. The van der Waals surface area contributed by atoms with Crippen LogP contribution in [0.15, 0.2) is 18.3 Å². The summed E-state index contributed by atoms with van der Waals surface area (Å²) in [5.74, 6) is -2.86. The van der Waals surface area contributed by atoms with Crippen LogP contribution in [0.3, 0.4) is 0 Å². The van der Waals surface area contributed by atoms with Gasteiger partial charge in [-0.05, 0) is 25.5 Å². The summed E-state index contributed by atoms with van der Waals surface area (Å²) in [6, 6.07) is 2.97. The fourth-order valence-electron chi connectivity index (χ4n) is 1.19. The lowest BCUT2D eigenvalue weighted by Gasteiger charge is -2.15. The molecule has 5 nitrogen and oxygen atoms in total. The number of carbonyl (C=O) groups is 1. The molecule has 1 rings (SSSR count). The Labute approximate surface area is 87.0 Å². The minimum Gasteiger partial charge on any atom is -0.478 e. The summed E-state index contributed by atoms with van der Waals surface area (Å²) in [5.41, 5.74) is 0.459. The van der Waals surface area contributed by atoms with Crippen LogP contribution < -0.4 is 0 Å². The van der Waals surface area contributed by atoms with Crippen LogP contribution in [0.1, 0.15) is 29.4 Å². The van der Waals surface area contributed by atoms with Gasteiger partial charge in [-0.3, -0.25) is 4.98 Å². The standard InChI is InChI=1S/C10H13NO4/c1-10(14,15)5-4-8-7(9(12)13)3-2-6-11-8/h2-3,6,14-15H,4-5H2,1H3,(H,12,13). The Morgan fingerprint density at radius 1 is 1.53 bits per heavy atom. The number of hydrogen-bond acceptors (Lipinski definition) is 4. The molecule has 0 amide bonds. The van der Waals surface area contributed by atoms with E-state index in [4.69, 9.17) is 15.3 Å². The summed E-state index contributed by atoms with van der Waals surface area (Å²) >= 11 is 0. The Morgan fingerprint density at radius 3 is 2.73 bits per heavy atom. The number of nitrogens with zero attached hydrogens (tertiary/aromatic N) is 1. The maximum absolute atomic E-state index is 10.8. The third kappa shape index (κ3) is 3.65. The predicted octanol–water partition coefficient (Wildman–Crippen LogP) is 0.413. The third-order valence-corrected chi connectivity index (χ3v) is 1.96. The SMILES string of the molecule is CC(O)(O)CCc1ncccc1C(=O)O. The van der Waals surface area contributed by atoms with E-state index >= 15 is 0 Å². The average molecular weight is 211 g/mol. The van der Waals surface area contributed by atoms with Crippen LogP contribution in [0.5, 0.6) is 0 Å². The number of aromatic nitrogens is 1. The second kappa shape index (κ2) is 4.37. The van der Waals surface area contributed by atoms with Gasteiger partial charge < -0.3 is 15.3 Å². The van der Waals surface area contributed by atoms with Gasteiger partial charge >= 0.3 is 5.97 Å². The number of aromatic carboxylic acids is 1. The van der Waals surface area contributed by atoms with E-state index in [-0.39, 0.29) is 18.4 Å². The lowest BCUT2D eigenvalue weighted by molar-refractivity contribution is -0.148. The van der Waals surface area contributed by atoms with E-state index in [1.165, 1.54) is 25.3 Å². The molecule has 82 valence electrons. The van der Waals surface area contributed by atoms with Crippen molar-refractivity contribution in [1.29, 1.82) is 0 Å². The number of carboxylic acids is 1. The zero-order chi connectivity index (χ0) is 11.5. The Balaban J connectivity index is 2.81. The molecular formula is C10H13NO4. The molecule has 0 aliphatic heterocycles. The van der Waals surface area contributed by atoms with Crippen LogP contribution in [0.25, 0.3) is 0 Å². The number of hydrogen-bond donors (Lipinski definition) is 3. The monoisotopic (exact) mass is 211 g/mol. The highest BCUT2D eigenvalue weighted by atomic mass is 16.5. The zero-order valence-corrected chi connectivity index (χ0v) is 8.34. The quantitative estimate of drug-likeness (QED) is 0.627. The number of aryl methyl sites for hydroxylation is 1. The van der Waals surface area contributed by atoms with Crippen LogP contribution in [-0.4, -0.2) is 32.1 Å². The molecule has 0 radical (unpaired) electrons. The van der Waals surface area contributed by atoms with E-state index in [1.54, 1.807) is 0 Å². The average Bonchev–Trinajstić information content (AvgIpc) is 2.14. The molecule has 0 fully saturated rings. The highest BCUT2D eigenvalue weighted by molar-refractivity contribution is 5.88. The molecule has 1 aromatic rings. The molecule has 1 aromatic heterocycles. The van der Waals surface area contributed by atoms with E-state index in [1.807, 2.05) is 0 Å². The largest absolute Gasteiger partial charge is 0.478 e. The van der Waals surface area contributed by atoms with Crippen LogP contribution >= 0.6 is 0 Å². The summed E-state index contributed by atoms with van der Waals surface area (Å²) < 4.78 is 0. The Kier molecular flexibility index (Phi) is 3.39. The first kappa shape index (κ1) is 11.6. The fourth-order valence-corrected chi connectivity index (χ4v) is 1.19. The van der Waals surface area contributed by atoms with Crippen molar-refractivity contribution in [3.63, 3.8) is 0 Å². The molecule has 5 heteroatoms. The molecule has 0 saturated heterocycles. The maximum Gasteiger partial charge on any atom is 0.337 e. The van der Waals surface area contributed by atoms with Crippen molar-refractivity contribution >= 4 is 5.97 Å². The number of carboxylic acid groups (broad SMARTS) is 1. The molecule has 0 aliphatic rings. The highest BCUT2D eigenvalue weighted by Gasteiger charge is 2.17. The molecule has 1 heterocycles. The molecule has 3 N–H and O–H groups in total. The van der Waals surface area contributed by atoms with Crippen molar-refractivity contribution in [3.8, 4) is 0 Å². The first-order chi connectivity index (χ1) is 6.90. The summed E-state index contributed by atoms with van der Waals surface area (Å²) in [5, 5.41) is 27.0. The van der Waals surface area contributed by atoms with Crippen LogP contribution in [0, 0.1) is 0 Å². The van der Waals surface area contributed by atoms with Crippen molar-refractivity contribution in [2.24, 2.45) is 0 Å². The molecule has 0 unspecified atom stereocenters. The maximum atomic E-state index is 10.8. The van der Waals surface area contributed by atoms with E-state index in [0.29, 0.717) is 5.69 Å². The minimum absolute atomic E-state index is 0.0459. The van der Waals surface area contributed by atoms with Crippen molar-refractivity contribution in [2.45, 2.75) is 25.6 Å². The lowest BCUT2D eigenvalue weighted by atomic mass is 10.1. The molecule has 0 aliphatic carbocycles. The highest BCUT2D eigenvalue weighted by Crippen LogP contribution is 2.12. The molecule has 15 heavy (non-hydrogen) atoms. The van der Waals surface area contributed by atoms with Crippen LogP contribution in [0.4, 0.5) is 0 Å². The van der Waals surface area contributed by atoms with Gasteiger partial charge in [0.1, 0.15) is 0 Å². The van der Waals surface area contributed by atoms with E-state index in [2.05, 4.69) is 4.98 Å². The van der Waals surface area contributed by atoms with Crippen molar-refractivity contribution < 1.29 is 20.1 Å². The molecule has 0 spiro atoms. The number of aliphatic hydroxyl groups is 2. The molecule has 0 saturated carbocycles. The van der Waals surface area contributed by atoms with Gasteiger partial charge in [0.15, 0.2) is 5.79 Å². The second-order valence-corrected chi connectivity index (χ2v) is 3.52. The van der Waals surface area contributed by atoms with E-state index in [9.17, 15) is 4.79 Å². The van der Waals surface area contributed by atoms with Gasteiger partial charge in [-0.15, -0.1) is 0 Å². The zero-order valence-electron chi connectivity index (χ0n) is 8.34. The molecule has 0 aromatic carbocycles. The van der Waals surface area contributed by atoms with E-state index in [0.717, 1.165) is 0 Å². The fraction of sp³-hybridized carbons (Fsp3) is 0.400. The second-order valence-electron chi connectivity index (χ2n) is 3.52. The summed E-state index contributed by atoms with van der Waals surface area (Å²) in [7, 11) is 0. The summed E-state index contributed by atoms with van der Waals surface area (Å²) in [4.78, 5) is 14.7. The minimum atomic E-state index is -1.80. The predicted molar refractivity (Wildman–Crippen MR) is 52.4 cm³/mol. The van der Waals surface area contributed by atoms with E-state index < -0.39 is 11.8 Å². The van der Waals surface area contributed by atoms with Gasteiger partial charge in [0, 0.05) is 12.6 Å². The van der Waals surface area contributed by atoms with Gasteiger partial charge in [0.25, 0.3) is 0 Å². The smallest absolute Gasteiger partial charge is 0.337 e. The first-order valence-corrected chi connectivity index (χ1v) is 4.52. The lowest BCUT2D eigenvalue weighted by Crippen LogP contribution is -2.24. The first-order valence-electron chi connectivity index (χ1n) is 4.52. The molecule has 0 atom stereocenters. The topological polar surface area (TPSA) is 90.7 Å². The Bertz CT molecular complexity index is 357. The van der Waals surface area contributed by atoms with Crippen LogP contribution in [0.2, 0.25) is 0 Å². The number of rotatable bonds is 4. The third-order valence-electron chi connectivity index (χ3n) is 1.96. The van der Waals surface area contributed by atoms with Gasteiger partial charge in [0.2, 0.25) is 0 Å². The Morgan fingerprint density at radius 2 is 2.20 bits per heavy atom. The molecular weight excluding hydrogens is 198 g/mol. The van der Waals surface area contributed by atoms with Crippen molar-refractivity contribution in [3.05, 3.63) is 29.6 Å². The van der Waals surface area contributed by atoms with Gasteiger partial charge in [-0.25, -0.2) is 4.79 Å². The Hall–Kier alpha value is -1.46. The van der Waals surface area contributed by atoms with Gasteiger partial charge in [-0.2, -0.15) is 0 Å². The summed E-state index contributed by atoms with van der Waals surface area (Å²) in [6.07, 6.45) is 1.74. The molecule has 0 bridgehead atoms. The normalized spacial score (nSPS) is 11.4.